The van der Waals surface area contributed by atoms with Gasteiger partial charge in [-0.3, -0.25) is 14.2 Å². The highest BCUT2D eigenvalue weighted by Crippen LogP contribution is 2.11. The quantitative estimate of drug-likeness (QED) is 0.799. The maximum absolute atomic E-state index is 12.6. The van der Waals surface area contributed by atoms with E-state index in [1.807, 2.05) is 13.0 Å². The topological polar surface area (TPSA) is 76.9 Å². The Balaban J connectivity index is 1.97. The van der Waals surface area contributed by atoms with Crippen LogP contribution in [-0.4, -0.2) is 20.4 Å². The Labute approximate surface area is 130 Å². The van der Waals surface area contributed by atoms with E-state index in [2.05, 4.69) is 15.3 Å². The second-order valence-electron chi connectivity index (χ2n) is 4.68. The monoisotopic (exact) mass is 314 g/mol. The van der Waals surface area contributed by atoms with Crippen LogP contribution in [0.25, 0.3) is 10.9 Å². The van der Waals surface area contributed by atoms with Crippen molar-refractivity contribution in [3.63, 3.8) is 0 Å². The number of amides is 1. The van der Waals surface area contributed by atoms with Crippen LogP contribution in [0, 0.1) is 0 Å². The van der Waals surface area contributed by atoms with Crippen molar-refractivity contribution in [3.05, 3.63) is 52.0 Å². The van der Waals surface area contributed by atoms with Gasteiger partial charge in [0.05, 0.1) is 10.9 Å². The molecule has 1 aromatic carbocycles. The fourth-order valence-corrected chi connectivity index (χ4v) is 2.78. The number of carbonyl (C=O) groups excluding carboxylic acids is 1. The zero-order chi connectivity index (χ0) is 15.5. The summed E-state index contributed by atoms with van der Waals surface area (Å²) in [6, 6.07) is 7.15. The Morgan fingerprint density at radius 1 is 1.36 bits per heavy atom. The molecule has 6 nitrogen and oxygen atoms in total. The van der Waals surface area contributed by atoms with Crippen molar-refractivity contribution in [2.24, 2.45) is 0 Å². The Morgan fingerprint density at radius 2 is 2.18 bits per heavy atom. The molecule has 0 saturated heterocycles. The number of carbonyl (C=O) groups is 1. The summed E-state index contributed by atoms with van der Waals surface area (Å²) in [5, 5.41) is 5.49. The summed E-state index contributed by atoms with van der Waals surface area (Å²) in [4.78, 5) is 33.2. The number of rotatable bonds is 4. The summed E-state index contributed by atoms with van der Waals surface area (Å²) in [7, 11) is 0. The number of fused-ring (bicyclic) bond motifs is 1. The molecule has 2 heterocycles. The van der Waals surface area contributed by atoms with E-state index >= 15 is 0 Å². The number of benzene rings is 1. The van der Waals surface area contributed by atoms with Crippen LogP contribution in [0.2, 0.25) is 0 Å². The normalized spacial score (nSPS) is 10.8. The number of para-hydroxylation sites is 1. The van der Waals surface area contributed by atoms with Crippen LogP contribution < -0.4 is 10.9 Å². The van der Waals surface area contributed by atoms with E-state index in [1.165, 1.54) is 15.9 Å². The van der Waals surface area contributed by atoms with Gasteiger partial charge in [-0.15, -0.1) is 11.3 Å². The van der Waals surface area contributed by atoms with Gasteiger partial charge in [-0.2, -0.15) is 0 Å². The first kappa shape index (κ1) is 14.4. The molecule has 0 radical (unpaired) electrons. The van der Waals surface area contributed by atoms with Crippen LogP contribution in [-0.2, 0) is 17.8 Å². The van der Waals surface area contributed by atoms with Crippen LogP contribution in [0.4, 0.5) is 5.13 Å². The predicted octanol–water partition coefficient (Wildman–Crippen LogP) is 2.05. The smallest absolute Gasteiger partial charge is 0.261 e. The molecule has 0 aliphatic carbocycles. The molecule has 0 spiro atoms. The standard InChI is InChI=1S/C15H14N4O2S/c1-2-12-17-11-6-4-3-5-10(11)14(21)19(12)9-13(20)18-15-16-7-8-22-15/h3-8H,2,9H2,1H3,(H,16,18,20). The lowest BCUT2D eigenvalue weighted by molar-refractivity contribution is -0.116. The van der Waals surface area contributed by atoms with Gasteiger partial charge in [-0.05, 0) is 12.1 Å². The SMILES string of the molecule is CCc1nc2ccccc2c(=O)n1CC(=O)Nc1nccs1. The molecular weight excluding hydrogens is 300 g/mol. The van der Waals surface area contributed by atoms with Gasteiger partial charge in [-0.25, -0.2) is 9.97 Å². The Kier molecular flexibility index (Phi) is 3.97. The summed E-state index contributed by atoms with van der Waals surface area (Å²) in [5.74, 6) is 0.307. The zero-order valence-corrected chi connectivity index (χ0v) is 12.8. The first-order chi connectivity index (χ1) is 10.7. The molecule has 0 aliphatic heterocycles. The molecule has 0 bridgehead atoms. The van der Waals surface area contributed by atoms with Crippen LogP contribution >= 0.6 is 11.3 Å². The van der Waals surface area contributed by atoms with E-state index in [0.717, 1.165) is 0 Å². The average molecular weight is 314 g/mol. The maximum Gasteiger partial charge on any atom is 0.261 e. The summed E-state index contributed by atoms with van der Waals surface area (Å²) in [6.07, 6.45) is 2.19. The van der Waals surface area contributed by atoms with Crippen molar-refractivity contribution >= 4 is 33.3 Å². The number of thiazole rings is 1. The van der Waals surface area contributed by atoms with Gasteiger partial charge >= 0.3 is 0 Å². The molecule has 0 atom stereocenters. The van der Waals surface area contributed by atoms with Crippen LogP contribution in [0.5, 0.6) is 0 Å². The minimum Gasteiger partial charge on any atom is -0.300 e. The fourth-order valence-electron chi connectivity index (χ4n) is 2.23. The summed E-state index contributed by atoms with van der Waals surface area (Å²) in [5.41, 5.74) is 0.456. The Hall–Kier alpha value is -2.54. The van der Waals surface area contributed by atoms with Crippen molar-refractivity contribution in [3.8, 4) is 0 Å². The number of nitrogens with zero attached hydrogens (tertiary/aromatic N) is 3. The Morgan fingerprint density at radius 3 is 2.91 bits per heavy atom. The minimum atomic E-state index is -0.288. The molecular formula is C15H14N4O2S. The fraction of sp³-hybridized carbons (Fsp3) is 0.200. The molecule has 112 valence electrons. The molecule has 3 rings (SSSR count). The molecule has 3 aromatic rings. The van der Waals surface area contributed by atoms with Crippen molar-refractivity contribution in [1.82, 2.24) is 14.5 Å². The number of hydrogen-bond acceptors (Lipinski definition) is 5. The lowest BCUT2D eigenvalue weighted by Crippen LogP contribution is -2.31. The van der Waals surface area contributed by atoms with E-state index in [9.17, 15) is 9.59 Å². The van der Waals surface area contributed by atoms with Gasteiger partial charge in [0.25, 0.3) is 5.56 Å². The predicted molar refractivity (Wildman–Crippen MR) is 86.1 cm³/mol. The second-order valence-corrected chi connectivity index (χ2v) is 5.57. The Bertz CT molecular complexity index is 871. The molecule has 0 saturated carbocycles. The van der Waals surface area contributed by atoms with Gasteiger partial charge in [0, 0.05) is 18.0 Å². The third kappa shape index (κ3) is 2.75. The number of hydrogen-bond donors (Lipinski definition) is 1. The van der Waals surface area contributed by atoms with Crippen molar-refractivity contribution in [2.45, 2.75) is 19.9 Å². The molecule has 1 amide bonds. The highest BCUT2D eigenvalue weighted by molar-refractivity contribution is 7.13. The summed E-state index contributed by atoms with van der Waals surface area (Å²) >= 11 is 1.33. The first-order valence-corrected chi connectivity index (χ1v) is 7.75. The maximum atomic E-state index is 12.6. The minimum absolute atomic E-state index is 0.0700. The lowest BCUT2D eigenvalue weighted by Gasteiger charge is -2.11. The van der Waals surface area contributed by atoms with E-state index in [0.29, 0.717) is 28.3 Å². The summed E-state index contributed by atoms with van der Waals surface area (Å²) in [6.45, 7) is 1.84. The van der Waals surface area contributed by atoms with Gasteiger partial charge in [0.1, 0.15) is 12.4 Å². The lowest BCUT2D eigenvalue weighted by atomic mass is 10.2. The van der Waals surface area contributed by atoms with Gasteiger partial charge < -0.3 is 5.32 Å². The van der Waals surface area contributed by atoms with Gasteiger partial charge in [0.15, 0.2) is 5.13 Å². The van der Waals surface area contributed by atoms with E-state index in [4.69, 9.17) is 0 Å². The first-order valence-electron chi connectivity index (χ1n) is 6.87. The van der Waals surface area contributed by atoms with Crippen molar-refractivity contribution < 1.29 is 4.79 Å². The third-order valence-electron chi connectivity index (χ3n) is 3.24. The second kappa shape index (κ2) is 6.07. The molecule has 0 fully saturated rings. The van der Waals surface area contributed by atoms with Gasteiger partial charge in [0.2, 0.25) is 5.91 Å². The van der Waals surface area contributed by atoms with Crippen LogP contribution in [0.15, 0.2) is 40.6 Å². The number of aryl methyl sites for hydroxylation is 1. The molecule has 0 aliphatic rings. The number of aromatic nitrogens is 3. The molecule has 2 aromatic heterocycles. The van der Waals surface area contributed by atoms with E-state index in [-0.39, 0.29) is 18.0 Å². The van der Waals surface area contributed by atoms with E-state index in [1.54, 1.807) is 29.8 Å². The summed E-state index contributed by atoms with van der Waals surface area (Å²) < 4.78 is 1.42. The molecule has 7 heteroatoms. The average Bonchev–Trinajstić information content (AvgIpc) is 3.02. The third-order valence-corrected chi connectivity index (χ3v) is 3.93. The highest BCUT2D eigenvalue weighted by Gasteiger charge is 2.13. The largest absolute Gasteiger partial charge is 0.300 e. The van der Waals surface area contributed by atoms with Crippen molar-refractivity contribution in [2.75, 3.05) is 5.32 Å². The zero-order valence-electron chi connectivity index (χ0n) is 11.9. The number of nitrogens with one attached hydrogen (secondary N) is 1. The van der Waals surface area contributed by atoms with Crippen molar-refractivity contribution in [1.29, 1.82) is 0 Å². The highest BCUT2D eigenvalue weighted by atomic mass is 32.1. The molecule has 0 unspecified atom stereocenters. The van der Waals surface area contributed by atoms with Crippen LogP contribution in [0.1, 0.15) is 12.7 Å². The van der Waals surface area contributed by atoms with Gasteiger partial charge in [-0.1, -0.05) is 19.1 Å². The number of anilines is 1. The molecule has 22 heavy (non-hydrogen) atoms. The molecule has 1 N–H and O–H groups in total. The van der Waals surface area contributed by atoms with E-state index < -0.39 is 0 Å². The van der Waals surface area contributed by atoms with Crippen LogP contribution in [0.3, 0.4) is 0 Å².